The first-order valence-electron chi connectivity index (χ1n) is 9.53. The highest BCUT2D eigenvalue weighted by molar-refractivity contribution is 5.80. The molecule has 142 valence electrons. The minimum atomic E-state index is -0.0339. The van der Waals surface area contributed by atoms with Crippen LogP contribution in [0.25, 0.3) is 22.4 Å². The van der Waals surface area contributed by atoms with Crippen molar-refractivity contribution in [2.45, 2.75) is 26.3 Å². The molecule has 0 aliphatic heterocycles. The van der Waals surface area contributed by atoms with E-state index in [1.54, 1.807) is 0 Å². The number of nitrogens with one attached hydrogen (secondary N) is 1. The summed E-state index contributed by atoms with van der Waals surface area (Å²) in [7, 11) is 0. The van der Waals surface area contributed by atoms with Crippen LogP contribution in [0.15, 0.2) is 71.3 Å². The van der Waals surface area contributed by atoms with E-state index in [9.17, 15) is 4.79 Å². The Morgan fingerprint density at radius 2 is 1.86 bits per heavy atom. The molecule has 0 aliphatic carbocycles. The third kappa shape index (κ3) is 3.98. The molecule has 1 N–H and O–H groups in total. The number of fused-ring (bicyclic) bond motifs is 1. The van der Waals surface area contributed by atoms with Gasteiger partial charge in [-0.3, -0.25) is 4.79 Å². The van der Waals surface area contributed by atoms with Crippen LogP contribution in [0.3, 0.4) is 0 Å². The summed E-state index contributed by atoms with van der Waals surface area (Å²) in [6.45, 7) is 3.35. The van der Waals surface area contributed by atoms with Crippen LogP contribution in [0.2, 0.25) is 0 Å². The number of benzene rings is 2. The summed E-state index contributed by atoms with van der Waals surface area (Å²) >= 11 is 0. The average Bonchev–Trinajstić information content (AvgIpc) is 3.30. The highest BCUT2D eigenvalue weighted by Crippen LogP contribution is 2.21. The van der Waals surface area contributed by atoms with E-state index in [1.807, 2.05) is 49.4 Å². The fraction of sp³-hybridized carbons (Fsp3) is 0.217. The smallest absolute Gasteiger partial charge is 0.226 e. The molecular formula is C23H23N3O2. The van der Waals surface area contributed by atoms with E-state index >= 15 is 0 Å². The predicted octanol–water partition coefficient (Wildman–Crippen LogP) is 4.35. The van der Waals surface area contributed by atoms with Gasteiger partial charge in [-0.05, 0) is 43.0 Å². The van der Waals surface area contributed by atoms with Crippen LogP contribution in [0.5, 0.6) is 0 Å². The fourth-order valence-corrected chi connectivity index (χ4v) is 3.32. The maximum absolute atomic E-state index is 12.3. The van der Waals surface area contributed by atoms with Crippen molar-refractivity contribution in [3.63, 3.8) is 0 Å². The Balaban J connectivity index is 1.28. The topological polar surface area (TPSA) is 60.1 Å². The van der Waals surface area contributed by atoms with Gasteiger partial charge in [0.1, 0.15) is 5.76 Å². The zero-order valence-electron chi connectivity index (χ0n) is 15.9. The van der Waals surface area contributed by atoms with Crippen LogP contribution in [-0.2, 0) is 17.8 Å². The first-order chi connectivity index (χ1) is 13.7. The van der Waals surface area contributed by atoms with E-state index in [1.165, 1.54) is 10.9 Å². The van der Waals surface area contributed by atoms with Crippen molar-refractivity contribution in [1.82, 2.24) is 14.9 Å². The summed E-state index contributed by atoms with van der Waals surface area (Å²) < 4.78 is 7.94. The van der Waals surface area contributed by atoms with Gasteiger partial charge in [-0.2, -0.15) is 0 Å². The Hall–Kier alpha value is -3.34. The Bertz CT molecular complexity index is 1080. The summed E-state index contributed by atoms with van der Waals surface area (Å²) in [5.74, 6) is 1.21. The lowest BCUT2D eigenvalue weighted by atomic mass is 10.2. The van der Waals surface area contributed by atoms with Gasteiger partial charge in [0.15, 0.2) is 0 Å². The van der Waals surface area contributed by atoms with Crippen LogP contribution in [0, 0.1) is 6.92 Å². The number of hydrogen-bond acceptors (Lipinski definition) is 3. The van der Waals surface area contributed by atoms with Crippen LogP contribution in [-0.4, -0.2) is 22.0 Å². The molecule has 5 heteroatoms. The molecule has 2 aromatic heterocycles. The highest BCUT2D eigenvalue weighted by atomic mass is 16.4. The van der Waals surface area contributed by atoms with Crippen LogP contribution in [0.4, 0.5) is 0 Å². The molecule has 4 rings (SSSR count). The third-order valence-electron chi connectivity index (χ3n) is 4.82. The molecule has 0 aliphatic rings. The van der Waals surface area contributed by atoms with Gasteiger partial charge in [-0.1, -0.05) is 36.4 Å². The standard InChI is InChI=1S/C23H23N3O2/c1-17-20(25-23(28-17)19-9-3-2-4-10-19)16-22(27)24-13-7-14-26-15-12-18-8-5-6-11-21(18)26/h2-6,8-12,15H,7,13-14,16H2,1H3,(H,24,27). The van der Waals surface area contributed by atoms with E-state index < -0.39 is 0 Å². The Labute approximate surface area is 164 Å². The van der Waals surface area contributed by atoms with E-state index in [0.29, 0.717) is 23.9 Å². The summed E-state index contributed by atoms with van der Waals surface area (Å²) in [5, 5.41) is 4.22. The molecule has 0 radical (unpaired) electrons. The largest absolute Gasteiger partial charge is 0.441 e. The maximum Gasteiger partial charge on any atom is 0.226 e. The minimum absolute atomic E-state index is 0.0339. The van der Waals surface area contributed by atoms with Crippen molar-refractivity contribution in [2.24, 2.45) is 0 Å². The number of rotatable bonds is 7. The second kappa shape index (κ2) is 8.13. The molecule has 0 saturated carbocycles. The van der Waals surface area contributed by atoms with Gasteiger partial charge >= 0.3 is 0 Å². The highest BCUT2D eigenvalue weighted by Gasteiger charge is 2.14. The maximum atomic E-state index is 12.3. The van der Waals surface area contributed by atoms with E-state index in [2.05, 4.69) is 39.3 Å². The lowest BCUT2D eigenvalue weighted by Crippen LogP contribution is -2.27. The first-order valence-corrected chi connectivity index (χ1v) is 9.53. The van der Waals surface area contributed by atoms with Gasteiger partial charge in [0.05, 0.1) is 12.1 Å². The molecular weight excluding hydrogens is 350 g/mol. The number of para-hydroxylation sites is 1. The van der Waals surface area contributed by atoms with Crippen molar-refractivity contribution < 1.29 is 9.21 Å². The summed E-state index contributed by atoms with van der Waals surface area (Å²) in [4.78, 5) is 16.8. The molecule has 0 bridgehead atoms. The molecule has 1 amide bonds. The molecule has 2 heterocycles. The van der Waals surface area contributed by atoms with E-state index in [-0.39, 0.29) is 12.3 Å². The molecule has 0 atom stereocenters. The summed E-state index contributed by atoms with van der Waals surface area (Å²) in [5.41, 5.74) is 2.82. The van der Waals surface area contributed by atoms with Gasteiger partial charge in [0, 0.05) is 30.4 Å². The van der Waals surface area contributed by atoms with Crippen LogP contribution in [0.1, 0.15) is 17.9 Å². The van der Waals surface area contributed by atoms with Crippen molar-refractivity contribution in [1.29, 1.82) is 0 Å². The van der Waals surface area contributed by atoms with Crippen molar-refractivity contribution in [3.05, 3.63) is 78.3 Å². The Morgan fingerprint density at radius 3 is 2.71 bits per heavy atom. The van der Waals surface area contributed by atoms with Gasteiger partial charge in [0.2, 0.25) is 11.8 Å². The fourth-order valence-electron chi connectivity index (χ4n) is 3.32. The number of nitrogens with zero attached hydrogens (tertiary/aromatic N) is 2. The Morgan fingerprint density at radius 1 is 1.07 bits per heavy atom. The first kappa shape index (κ1) is 18.0. The molecule has 4 aromatic rings. The number of aryl methyl sites for hydroxylation is 2. The lowest BCUT2D eigenvalue weighted by Gasteiger charge is -2.07. The molecule has 0 fully saturated rings. The number of hydrogen-bond donors (Lipinski definition) is 1. The normalized spacial score (nSPS) is 11.0. The monoisotopic (exact) mass is 373 g/mol. The number of carbonyl (C=O) groups is 1. The zero-order chi connectivity index (χ0) is 19.3. The lowest BCUT2D eigenvalue weighted by molar-refractivity contribution is -0.120. The Kier molecular flexibility index (Phi) is 5.24. The van der Waals surface area contributed by atoms with E-state index in [4.69, 9.17) is 4.42 Å². The van der Waals surface area contributed by atoms with Gasteiger partial charge in [0.25, 0.3) is 0 Å². The van der Waals surface area contributed by atoms with Crippen molar-refractivity contribution in [3.8, 4) is 11.5 Å². The summed E-state index contributed by atoms with van der Waals surface area (Å²) in [6.07, 6.45) is 3.20. The number of aromatic nitrogens is 2. The SMILES string of the molecule is Cc1oc(-c2ccccc2)nc1CC(=O)NCCCn1ccc2ccccc21. The summed E-state index contributed by atoms with van der Waals surface area (Å²) in [6, 6.07) is 20.1. The number of carbonyl (C=O) groups excluding carboxylic acids is 1. The minimum Gasteiger partial charge on any atom is -0.441 e. The second-order valence-electron chi connectivity index (χ2n) is 6.84. The van der Waals surface area contributed by atoms with Crippen LogP contribution >= 0.6 is 0 Å². The molecule has 0 unspecified atom stereocenters. The number of amides is 1. The quantitative estimate of drug-likeness (QED) is 0.490. The molecule has 0 spiro atoms. The molecule has 28 heavy (non-hydrogen) atoms. The van der Waals surface area contributed by atoms with Crippen molar-refractivity contribution in [2.75, 3.05) is 6.54 Å². The molecule has 2 aromatic carbocycles. The third-order valence-corrected chi connectivity index (χ3v) is 4.82. The van der Waals surface area contributed by atoms with Gasteiger partial charge in [-0.25, -0.2) is 4.98 Å². The van der Waals surface area contributed by atoms with Crippen molar-refractivity contribution >= 4 is 16.8 Å². The molecule has 5 nitrogen and oxygen atoms in total. The predicted molar refractivity (Wildman–Crippen MR) is 110 cm³/mol. The van der Waals surface area contributed by atoms with Crippen LogP contribution < -0.4 is 5.32 Å². The average molecular weight is 373 g/mol. The zero-order valence-corrected chi connectivity index (χ0v) is 15.9. The molecule has 0 saturated heterocycles. The van der Waals surface area contributed by atoms with Gasteiger partial charge < -0.3 is 14.3 Å². The van der Waals surface area contributed by atoms with E-state index in [0.717, 1.165) is 18.5 Å². The number of oxazole rings is 1. The second-order valence-corrected chi connectivity index (χ2v) is 6.84. The van der Waals surface area contributed by atoms with Gasteiger partial charge in [-0.15, -0.1) is 0 Å².